The molecule has 1 heterocycles. The van der Waals surface area contributed by atoms with Gasteiger partial charge in [-0.1, -0.05) is 42.5 Å². The molecular weight excluding hydrogens is 431 g/mol. The molecular formula is C23H44N2O4PS+. The van der Waals surface area contributed by atoms with Crippen LogP contribution in [0.4, 0.5) is 0 Å². The van der Waals surface area contributed by atoms with Gasteiger partial charge in [0.15, 0.2) is 0 Å². The van der Waals surface area contributed by atoms with Crippen molar-refractivity contribution in [1.29, 1.82) is 0 Å². The maximum absolute atomic E-state index is 11.0. The first kappa shape index (κ1) is 26.8. The largest absolute Gasteiger partial charge is 0.392 e. The van der Waals surface area contributed by atoms with Gasteiger partial charge in [-0.25, -0.2) is 9.13 Å². The quantitative estimate of drug-likeness (QED) is 0.383. The number of hydrogen-bond acceptors (Lipinski definition) is 3. The van der Waals surface area contributed by atoms with Crippen molar-refractivity contribution in [2.24, 2.45) is 16.7 Å². The van der Waals surface area contributed by atoms with Gasteiger partial charge in [0.2, 0.25) is 6.33 Å². The van der Waals surface area contributed by atoms with Crippen molar-refractivity contribution >= 4 is 18.0 Å². The lowest BCUT2D eigenvalue weighted by molar-refractivity contribution is -0.677. The first-order valence-electron chi connectivity index (χ1n) is 11.2. The highest BCUT2D eigenvalue weighted by atomic mass is 32.2. The molecule has 0 aromatic carbocycles. The highest BCUT2D eigenvalue weighted by Gasteiger charge is 2.64. The van der Waals surface area contributed by atoms with Gasteiger partial charge in [0, 0.05) is 5.41 Å². The summed E-state index contributed by atoms with van der Waals surface area (Å²) in [6, 6.07) is 0. The zero-order valence-electron chi connectivity index (χ0n) is 20.9. The minimum absolute atomic E-state index is 0.0292. The molecule has 3 rings (SSSR count). The van der Waals surface area contributed by atoms with Crippen LogP contribution in [0.15, 0.2) is 18.7 Å². The average Bonchev–Trinajstić information content (AvgIpc) is 3.16. The second-order valence-corrected chi connectivity index (χ2v) is 16.6. The number of nitrogens with zero attached hydrogens (tertiary/aromatic N) is 2. The van der Waals surface area contributed by atoms with Gasteiger partial charge in [0.05, 0.1) is 11.9 Å². The number of fused-ring (bicyclic) bond motifs is 2. The highest BCUT2D eigenvalue weighted by Crippen LogP contribution is 2.66. The summed E-state index contributed by atoms with van der Waals surface area (Å²) in [6.07, 6.45) is 9.48. The van der Waals surface area contributed by atoms with E-state index < -0.39 is 21.6 Å². The van der Waals surface area contributed by atoms with Crippen molar-refractivity contribution in [1.82, 2.24) is 4.57 Å². The van der Waals surface area contributed by atoms with Crippen molar-refractivity contribution in [3.8, 4) is 0 Å². The van der Waals surface area contributed by atoms with Crippen LogP contribution in [0.3, 0.4) is 0 Å². The zero-order chi connectivity index (χ0) is 24.0. The van der Waals surface area contributed by atoms with Crippen molar-refractivity contribution in [2.45, 2.75) is 97.7 Å². The Bertz CT molecular complexity index is 867. The Morgan fingerprint density at radius 2 is 1.77 bits per heavy atom. The maximum Gasteiger partial charge on any atom is 0.265 e. The first-order chi connectivity index (χ1) is 13.8. The molecule has 6 nitrogen and oxygen atoms in total. The monoisotopic (exact) mass is 475 g/mol. The number of aliphatic hydroxyl groups excluding tert-OH is 1. The van der Waals surface area contributed by atoms with E-state index in [1.807, 2.05) is 13.8 Å². The van der Waals surface area contributed by atoms with Gasteiger partial charge in [0.1, 0.15) is 24.2 Å². The highest BCUT2D eigenvalue weighted by molar-refractivity contribution is 7.85. The predicted molar refractivity (Wildman–Crippen MR) is 128 cm³/mol. The second kappa shape index (κ2) is 8.70. The van der Waals surface area contributed by atoms with Crippen LogP contribution in [0.25, 0.3) is 0 Å². The van der Waals surface area contributed by atoms with Crippen LogP contribution in [-0.2, 0) is 21.9 Å². The fourth-order valence-corrected chi connectivity index (χ4v) is 7.48. The van der Waals surface area contributed by atoms with Crippen LogP contribution in [0.5, 0.6) is 0 Å². The molecule has 180 valence electrons. The van der Waals surface area contributed by atoms with Gasteiger partial charge in [-0.3, -0.25) is 4.55 Å². The van der Waals surface area contributed by atoms with Crippen LogP contribution in [-0.4, -0.2) is 46.3 Å². The summed E-state index contributed by atoms with van der Waals surface area (Å²) < 4.78 is 35.7. The van der Waals surface area contributed by atoms with Crippen LogP contribution in [0.1, 0.15) is 74.7 Å². The standard InChI is InChI=1S/C13H26N2P.C10H18O4S/c1-12(2,3)15-9-8-14(10-15)11-16(7)13(4,5)6;1-9(2)7-3-4-10(9,8(11)5-7)6-15(12,13)14/h8-10H,11H2,1-7H3;7-8,11H,3-6H2,1-2H3,(H,12,13,14)/q+1;/t16-;7?,8?,10-/m01/s1. The van der Waals surface area contributed by atoms with Crippen molar-refractivity contribution in [2.75, 3.05) is 12.4 Å². The lowest BCUT2D eigenvalue weighted by atomic mass is 9.70. The molecule has 4 atom stereocenters. The Hall–Kier alpha value is -0.490. The number of hydrogen-bond donors (Lipinski definition) is 2. The summed E-state index contributed by atoms with van der Waals surface area (Å²) in [4.78, 5) is 0. The van der Waals surface area contributed by atoms with Crippen LogP contribution in [0, 0.1) is 16.7 Å². The Kier molecular flexibility index (Phi) is 7.51. The van der Waals surface area contributed by atoms with Crippen LogP contribution in [0.2, 0.25) is 0 Å². The summed E-state index contributed by atoms with van der Waals surface area (Å²) in [7, 11) is -3.99. The fraction of sp³-hybridized carbons (Fsp3) is 0.870. The third-order valence-electron chi connectivity index (χ3n) is 7.82. The van der Waals surface area contributed by atoms with E-state index in [0.717, 1.165) is 12.7 Å². The third-order valence-corrected chi connectivity index (χ3v) is 11.7. The minimum atomic E-state index is -4.02. The summed E-state index contributed by atoms with van der Waals surface area (Å²) in [5, 5.41) is 10.4. The topological polar surface area (TPSA) is 83.4 Å². The summed E-state index contributed by atoms with van der Waals surface area (Å²) >= 11 is 0. The zero-order valence-corrected chi connectivity index (χ0v) is 22.6. The van der Waals surface area contributed by atoms with Gasteiger partial charge in [0.25, 0.3) is 10.1 Å². The number of imidazole rings is 1. The molecule has 0 saturated heterocycles. The lowest BCUT2D eigenvalue weighted by Gasteiger charge is -2.39. The van der Waals surface area contributed by atoms with Gasteiger partial charge < -0.3 is 5.11 Å². The molecule has 2 bridgehead atoms. The molecule has 8 heteroatoms. The molecule has 2 aliphatic rings. The van der Waals surface area contributed by atoms with Gasteiger partial charge >= 0.3 is 0 Å². The fourth-order valence-electron chi connectivity index (χ4n) is 5.04. The lowest BCUT2D eigenvalue weighted by Crippen LogP contribution is -2.44. The Labute approximate surface area is 190 Å². The number of aromatic nitrogens is 2. The van der Waals surface area contributed by atoms with E-state index in [0.29, 0.717) is 23.9 Å². The van der Waals surface area contributed by atoms with Crippen LogP contribution < -0.4 is 4.57 Å². The molecule has 31 heavy (non-hydrogen) atoms. The van der Waals surface area contributed by atoms with E-state index in [4.69, 9.17) is 4.55 Å². The molecule has 1 aromatic heterocycles. The molecule has 2 saturated carbocycles. The molecule has 0 aliphatic heterocycles. The van der Waals surface area contributed by atoms with E-state index in [-0.39, 0.29) is 24.6 Å². The van der Waals surface area contributed by atoms with E-state index in [2.05, 4.69) is 76.1 Å². The molecule has 2 N–H and O–H groups in total. The van der Waals surface area contributed by atoms with Crippen molar-refractivity contribution in [3.63, 3.8) is 0 Å². The summed E-state index contributed by atoms with van der Waals surface area (Å²) in [5.74, 6) is 0.0826. The minimum Gasteiger partial charge on any atom is -0.392 e. The predicted octanol–water partition coefficient (Wildman–Crippen LogP) is 4.46. The Balaban J connectivity index is 0.000000220. The molecule has 2 unspecified atom stereocenters. The van der Waals surface area contributed by atoms with Gasteiger partial charge in [-0.05, 0) is 63.2 Å². The molecule has 1 aromatic rings. The second-order valence-electron chi connectivity index (χ2n) is 12.1. The van der Waals surface area contributed by atoms with Gasteiger partial charge in [-0.2, -0.15) is 8.42 Å². The van der Waals surface area contributed by atoms with Gasteiger partial charge in [-0.15, -0.1) is 0 Å². The van der Waals surface area contributed by atoms with Crippen molar-refractivity contribution < 1.29 is 22.6 Å². The van der Waals surface area contributed by atoms with Crippen LogP contribution >= 0.6 is 7.92 Å². The molecule has 0 spiro atoms. The molecule has 0 radical (unpaired) electrons. The third kappa shape index (κ3) is 5.90. The maximum atomic E-state index is 11.0. The SMILES string of the molecule is CC1(C)C2CC[C@@]1(CS(=O)(=O)O)C(O)C2.C[P@@](C[n+]1ccn(C(C)(C)C)c1)C(C)(C)C. The number of rotatable bonds is 4. The Morgan fingerprint density at radius 3 is 2.13 bits per heavy atom. The average molecular weight is 476 g/mol. The molecule has 2 fully saturated rings. The smallest absolute Gasteiger partial charge is 0.265 e. The van der Waals surface area contributed by atoms with E-state index >= 15 is 0 Å². The summed E-state index contributed by atoms with van der Waals surface area (Å²) in [6.45, 7) is 20.1. The Morgan fingerprint density at radius 1 is 1.19 bits per heavy atom. The van der Waals surface area contributed by atoms with E-state index in [9.17, 15) is 13.5 Å². The summed E-state index contributed by atoms with van der Waals surface area (Å²) in [5.41, 5.74) is -0.642. The van der Waals surface area contributed by atoms with E-state index in [1.54, 1.807) is 0 Å². The first-order valence-corrected chi connectivity index (χ1v) is 14.8. The molecule has 2 aliphatic carbocycles. The number of aliphatic hydroxyl groups is 1. The van der Waals surface area contributed by atoms with E-state index in [1.165, 1.54) is 0 Å². The molecule has 0 amide bonds. The van der Waals surface area contributed by atoms with Crippen molar-refractivity contribution in [3.05, 3.63) is 18.7 Å². The normalized spacial score (nSPS) is 28.9.